The van der Waals surface area contributed by atoms with Crippen molar-refractivity contribution in [2.24, 2.45) is 0 Å². The smallest absolute Gasteiger partial charge is 0.213 e. The van der Waals surface area contributed by atoms with E-state index in [0.29, 0.717) is 17.9 Å². The molecule has 5 nitrogen and oxygen atoms in total. The number of ketones is 1. The predicted molar refractivity (Wildman–Crippen MR) is 123 cm³/mol. The molecule has 3 aromatic heterocycles. The SMILES string of the molecule is CC(CO[Si](C)(C)C(C)(C)C)n1cc(C(=O)c2cc(Br)ccn2)c2cnccc21. The number of rotatable bonds is 6. The second kappa shape index (κ2) is 8.12. The molecule has 0 aliphatic heterocycles. The molecule has 29 heavy (non-hydrogen) atoms. The van der Waals surface area contributed by atoms with Crippen molar-refractivity contribution in [2.75, 3.05) is 6.61 Å². The van der Waals surface area contributed by atoms with E-state index in [1.54, 1.807) is 24.7 Å². The summed E-state index contributed by atoms with van der Waals surface area (Å²) in [6, 6.07) is 5.59. The zero-order valence-electron chi connectivity index (χ0n) is 17.9. The summed E-state index contributed by atoms with van der Waals surface area (Å²) in [7, 11) is -1.85. The average Bonchev–Trinajstić information content (AvgIpc) is 3.04. The van der Waals surface area contributed by atoms with E-state index in [2.05, 4.69) is 71.3 Å². The van der Waals surface area contributed by atoms with Gasteiger partial charge in [0.1, 0.15) is 5.69 Å². The first-order valence-electron chi connectivity index (χ1n) is 9.76. The Morgan fingerprint density at radius 3 is 2.66 bits per heavy atom. The lowest BCUT2D eigenvalue weighted by Gasteiger charge is -2.37. The molecule has 0 saturated carbocycles. The third-order valence-corrected chi connectivity index (χ3v) is 10.8. The number of carbonyl (C=O) groups excluding carboxylic acids is 1. The van der Waals surface area contributed by atoms with Gasteiger partial charge in [0.25, 0.3) is 0 Å². The van der Waals surface area contributed by atoms with E-state index in [0.717, 1.165) is 15.4 Å². The molecular formula is C22H28BrN3O2Si. The van der Waals surface area contributed by atoms with Crippen LogP contribution in [-0.4, -0.2) is 35.2 Å². The Balaban J connectivity index is 1.95. The second-order valence-corrected chi connectivity index (χ2v) is 14.7. The van der Waals surface area contributed by atoms with E-state index in [1.165, 1.54) is 0 Å². The minimum absolute atomic E-state index is 0.0889. The second-order valence-electron chi connectivity index (χ2n) is 8.95. The molecule has 0 amide bonds. The van der Waals surface area contributed by atoms with Crippen LogP contribution in [0.2, 0.25) is 18.1 Å². The Morgan fingerprint density at radius 2 is 2.00 bits per heavy atom. The number of carbonyl (C=O) groups is 1. The molecule has 0 radical (unpaired) electrons. The van der Waals surface area contributed by atoms with Crippen molar-refractivity contribution in [3.05, 3.63) is 58.7 Å². The van der Waals surface area contributed by atoms with Crippen LogP contribution in [0.4, 0.5) is 0 Å². The molecule has 3 heterocycles. The van der Waals surface area contributed by atoms with Gasteiger partial charge >= 0.3 is 0 Å². The summed E-state index contributed by atoms with van der Waals surface area (Å²) in [5, 5.41) is 0.988. The van der Waals surface area contributed by atoms with E-state index in [-0.39, 0.29) is 16.9 Å². The maximum atomic E-state index is 13.1. The molecular weight excluding hydrogens is 446 g/mol. The number of aromatic nitrogens is 3. The highest BCUT2D eigenvalue weighted by Gasteiger charge is 2.37. The van der Waals surface area contributed by atoms with Crippen molar-refractivity contribution in [3.63, 3.8) is 0 Å². The summed E-state index contributed by atoms with van der Waals surface area (Å²) in [5.41, 5.74) is 2.00. The van der Waals surface area contributed by atoms with Crippen LogP contribution in [0.5, 0.6) is 0 Å². The third-order valence-electron chi connectivity index (χ3n) is 5.80. The Labute approximate surface area is 181 Å². The predicted octanol–water partition coefficient (Wildman–Crippen LogP) is 6.01. The van der Waals surface area contributed by atoms with Gasteiger partial charge < -0.3 is 8.99 Å². The fourth-order valence-electron chi connectivity index (χ4n) is 2.94. The van der Waals surface area contributed by atoms with Gasteiger partial charge in [-0.05, 0) is 43.3 Å². The molecule has 0 N–H and O–H groups in total. The lowest BCUT2D eigenvalue weighted by atomic mass is 10.1. The molecule has 3 aromatic rings. The molecule has 0 aromatic carbocycles. The Bertz CT molecular complexity index is 1040. The van der Waals surface area contributed by atoms with Crippen LogP contribution in [0.15, 0.2) is 47.5 Å². The number of hydrogen-bond acceptors (Lipinski definition) is 4. The van der Waals surface area contributed by atoms with Crippen molar-refractivity contribution in [1.82, 2.24) is 14.5 Å². The van der Waals surface area contributed by atoms with Gasteiger partial charge in [-0.1, -0.05) is 36.7 Å². The van der Waals surface area contributed by atoms with Crippen molar-refractivity contribution in [1.29, 1.82) is 0 Å². The minimum atomic E-state index is -1.85. The van der Waals surface area contributed by atoms with Crippen molar-refractivity contribution >= 4 is 40.9 Å². The van der Waals surface area contributed by atoms with Gasteiger partial charge in [0, 0.05) is 34.6 Å². The molecule has 3 rings (SSSR count). The first-order chi connectivity index (χ1) is 13.5. The monoisotopic (exact) mass is 473 g/mol. The van der Waals surface area contributed by atoms with Crippen LogP contribution in [0.1, 0.15) is 49.8 Å². The van der Waals surface area contributed by atoms with Crippen LogP contribution in [0.3, 0.4) is 0 Å². The molecule has 0 aliphatic rings. The van der Waals surface area contributed by atoms with E-state index in [4.69, 9.17) is 4.43 Å². The molecule has 154 valence electrons. The van der Waals surface area contributed by atoms with Gasteiger partial charge in [-0.2, -0.15) is 0 Å². The number of halogens is 1. The first-order valence-corrected chi connectivity index (χ1v) is 13.5. The zero-order chi connectivity index (χ0) is 21.4. The van der Waals surface area contributed by atoms with Crippen LogP contribution < -0.4 is 0 Å². The fraction of sp³-hybridized carbons (Fsp3) is 0.409. The van der Waals surface area contributed by atoms with Crippen molar-refractivity contribution in [3.8, 4) is 0 Å². The van der Waals surface area contributed by atoms with Gasteiger partial charge in [0.15, 0.2) is 8.32 Å². The number of nitrogens with zero attached hydrogens (tertiary/aromatic N) is 3. The van der Waals surface area contributed by atoms with E-state index < -0.39 is 8.32 Å². The number of pyridine rings is 2. The van der Waals surface area contributed by atoms with E-state index >= 15 is 0 Å². The maximum absolute atomic E-state index is 13.1. The summed E-state index contributed by atoms with van der Waals surface area (Å²) < 4.78 is 9.38. The quantitative estimate of drug-likeness (QED) is 0.324. The molecule has 0 spiro atoms. The molecule has 0 saturated heterocycles. The van der Waals surface area contributed by atoms with Crippen LogP contribution in [-0.2, 0) is 4.43 Å². The van der Waals surface area contributed by atoms with E-state index in [9.17, 15) is 4.79 Å². The van der Waals surface area contributed by atoms with Crippen LogP contribution >= 0.6 is 15.9 Å². The van der Waals surface area contributed by atoms with Gasteiger partial charge in [-0.25, -0.2) is 0 Å². The highest BCUT2D eigenvalue weighted by molar-refractivity contribution is 9.10. The van der Waals surface area contributed by atoms with E-state index in [1.807, 2.05) is 18.3 Å². The molecule has 7 heteroatoms. The topological polar surface area (TPSA) is 57.0 Å². The van der Waals surface area contributed by atoms with Crippen molar-refractivity contribution < 1.29 is 9.22 Å². The lowest BCUT2D eigenvalue weighted by molar-refractivity contribution is 0.103. The standard InChI is InChI=1S/C22H28BrN3O2Si/c1-15(14-28-29(5,6)22(2,3)4)26-13-18(17-12-24-9-8-20(17)26)21(27)19-11-16(23)7-10-25-19/h7-13,15H,14H2,1-6H3. The summed E-state index contributed by atoms with van der Waals surface area (Å²) >= 11 is 3.41. The van der Waals surface area contributed by atoms with Crippen LogP contribution in [0.25, 0.3) is 10.9 Å². The highest BCUT2D eigenvalue weighted by atomic mass is 79.9. The Hall–Kier alpha value is -1.83. The van der Waals surface area contributed by atoms with Gasteiger partial charge in [0.2, 0.25) is 5.78 Å². The van der Waals surface area contributed by atoms with Gasteiger partial charge in [-0.15, -0.1) is 0 Å². The fourth-order valence-corrected chi connectivity index (χ4v) is 4.36. The van der Waals surface area contributed by atoms with Gasteiger partial charge in [0.05, 0.1) is 23.7 Å². The molecule has 0 bridgehead atoms. The third kappa shape index (κ3) is 4.52. The summed E-state index contributed by atoms with van der Waals surface area (Å²) in [6.07, 6.45) is 7.05. The molecule has 0 aliphatic carbocycles. The summed E-state index contributed by atoms with van der Waals surface area (Å²) in [5.74, 6) is -0.111. The lowest BCUT2D eigenvalue weighted by Crippen LogP contribution is -2.41. The average molecular weight is 474 g/mol. The zero-order valence-corrected chi connectivity index (χ0v) is 20.4. The minimum Gasteiger partial charge on any atom is -0.415 e. The summed E-state index contributed by atoms with van der Waals surface area (Å²) in [4.78, 5) is 21.6. The maximum Gasteiger partial charge on any atom is 0.213 e. The highest BCUT2D eigenvalue weighted by Crippen LogP contribution is 2.37. The molecule has 1 atom stereocenters. The van der Waals surface area contributed by atoms with Crippen molar-refractivity contribution in [2.45, 2.75) is 51.9 Å². The molecule has 0 fully saturated rings. The summed E-state index contributed by atoms with van der Waals surface area (Å²) in [6.45, 7) is 14.0. The Kier molecular flexibility index (Phi) is 6.13. The molecule has 1 unspecified atom stereocenters. The Morgan fingerprint density at radius 1 is 1.28 bits per heavy atom. The number of fused-ring (bicyclic) bond motifs is 1. The normalized spacial score (nSPS) is 13.6. The largest absolute Gasteiger partial charge is 0.415 e. The van der Waals surface area contributed by atoms with Gasteiger partial charge in [-0.3, -0.25) is 14.8 Å². The number of hydrogen-bond donors (Lipinski definition) is 0. The van der Waals surface area contributed by atoms with Crippen LogP contribution in [0, 0.1) is 0 Å². The first kappa shape index (κ1) is 21.9.